The van der Waals surface area contributed by atoms with Crippen molar-refractivity contribution >= 4 is 35.0 Å². The van der Waals surface area contributed by atoms with Crippen LogP contribution < -0.4 is 26.2 Å². The molecule has 234 valence electrons. The summed E-state index contributed by atoms with van der Waals surface area (Å²) in [4.78, 5) is 49.3. The number of hydrogen-bond acceptors (Lipinski definition) is 6. The van der Waals surface area contributed by atoms with Gasteiger partial charge in [-0.2, -0.15) is 13.2 Å². The van der Waals surface area contributed by atoms with Gasteiger partial charge in [0, 0.05) is 44.0 Å². The van der Waals surface area contributed by atoms with Crippen molar-refractivity contribution in [2.24, 2.45) is 0 Å². The third-order valence-electron chi connectivity index (χ3n) is 8.34. The Hall–Kier alpha value is -5.07. The highest BCUT2D eigenvalue weighted by atomic mass is 19.4. The molecule has 0 spiro atoms. The minimum atomic E-state index is -4.62. The molecule has 0 bridgehead atoms. The molecule has 45 heavy (non-hydrogen) atoms. The number of halogens is 3. The maximum absolute atomic E-state index is 13.8. The van der Waals surface area contributed by atoms with Crippen molar-refractivity contribution in [3.63, 3.8) is 0 Å². The number of urea groups is 1. The van der Waals surface area contributed by atoms with Crippen LogP contribution >= 0.6 is 0 Å². The van der Waals surface area contributed by atoms with E-state index in [0.29, 0.717) is 11.3 Å². The third-order valence-corrected chi connectivity index (χ3v) is 8.34. The number of hydrogen-bond donors (Lipinski definition) is 3. The highest BCUT2D eigenvalue weighted by Gasteiger charge is 2.45. The number of benzene rings is 2. The fourth-order valence-electron chi connectivity index (χ4n) is 6.04. The van der Waals surface area contributed by atoms with E-state index in [0.717, 1.165) is 48.8 Å². The number of carbonyl (C=O) groups is 3. The molecule has 3 aromatic rings. The van der Waals surface area contributed by atoms with Gasteiger partial charge in [0.2, 0.25) is 5.91 Å². The molecule has 0 saturated carbocycles. The molecular weight excluding hydrogens is 587 g/mol. The van der Waals surface area contributed by atoms with Gasteiger partial charge in [0.15, 0.2) is 0 Å². The zero-order chi connectivity index (χ0) is 31.7. The van der Waals surface area contributed by atoms with Crippen LogP contribution in [0.3, 0.4) is 0 Å². The van der Waals surface area contributed by atoms with Crippen LogP contribution in [0, 0.1) is 0 Å². The quantitative estimate of drug-likeness (QED) is 0.341. The molecule has 4 N–H and O–H groups in total. The molecule has 1 atom stereocenters. The Morgan fingerprint density at radius 2 is 1.78 bits per heavy atom. The molecule has 4 amide bonds. The van der Waals surface area contributed by atoms with E-state index in [-0.39, 0.29) is 48.4 Å². The van der Waals surface area contributed by atoms with Gasteiger partial charge in [-0.3, -0.25) is 14.5 Å². The number of carbonyl (C=O) groups excluding carboxylic acids is 3. The molecule has 1 unspecified atom stereocenters. The molecule has 2 aromatic carbocycles. The first kappa shape index (κ1) is 30.0. The topological polar surface area (TPSA) is 124 Å². The van der Waals surface area contributed by atoms with Gasteiger partial charge in [0.25, 0.3) is 5.91 Å². The molecule has 0 aliphatic carbocycles. The lowest BCUT2D eigenvalue weighted by atomic mass is 9.95. The summed E-state index contributed by atoms with van der Waals surface area (Å²) in [6.07, 6.45) is -1.33. The molecule has 6 rings (SSSR count). The van der Waals surface area contributed by atoms with E-state index in [9.17, 15) is 27.6 Å². The number of amides is 4. The van der Waals surface area contributed by atoms with Crippen LogP contribution in [0.1, 0.15) is 36.4 Å². The Balaban J connectivity index is 1.17. The van der Waals surface area contributed by atoms with E-state index >= 15 is 0 Å². The average molecular weight is 620 g/mol. The Bertz CT molecular complexity index is 1620. The Kier molecular flexibility index (Phi) is 8.09. The van der Waals surface area contributed by atoms with Gasteiger partial charge in [-0.1, -0.05) is 24.3 Å². The number of pyridine rings is 1. The number of anilines is 3. The van der Waals surface area contributed by atoms with Gasteiger partial charge >= 0.3 is 12.2 Å². The summed E-state index contributed by atoms with van der Waals surface area (Å²) in [6, 6.07) is 15.3. The van der Waals surface area contributed by atoms with Crippen LogP contribution in [0.5, 0.6) is 0 Å². The third kappa shape index (κ3) is 6.28. The van der Waals surface area contributed by atoms with Gasteiger partial charge < -0.3 is 26.2 Å². The number of nitrogens with two attached hydrogens (primary N) is 1. The summed E-state index contributed by atoms with van der Waals surface area (Å²) in [5.41, 5.74) is 6.50. The molecule has 1 saturated heterocycles. The molecular formula is C32H32F3N7O3. The van der Waals surface area contributed by atoms with Gasteiger partial charge in [0.1, 0.15) is 5.82 Å². The predicted octanol–water partition coefficient (Wildman–Crippen LogP) is 4.23. The van der Waals surface area contributed by atoms with Crippen molar-refractivity contribution in [3.05, 3.63) is 95.3 Å². The van der Waals surface area contributed by atoms with Crippen molar-refractivity contribution < 1.29 is 27.6 Å². The average Bonchev–Trinajstić information content (AvgIpc) is 3.36. The summed E-state index contributed by atoms with van der Waals surface area (Å²) < 4.78 is 40.6. The molecule has 13 heteroatoms. The lowest BCUT2D eigenvalue weighted by Gasteiger charge is -2.34. The van der Waals surface area contributed by atoms with Crippen LogP contribution in [0.4, 0.5) is 35.2 Å². The number of alkyl halides is 3. The summed E-state index contributed by atoms with van der Waals surface area (Å²) >= 11 is 0. The van der Waals surface area contributed by atoms with Gasteiger partial charge in [0.05, 0.1) is 35.1 Å². The number of piperidine rings is 1. The minimum Gasteiger partial charge on any atom is -0.399 e. The van der Waals surface area contributed by atoms with Crippen molar-refractivity contribution in [3.8, 4) is 0 Å². The second kappa shape index (κ2) is 12.1. The Labute approximate surface area is 257 Å². The number of rotatable bonds is 7. The summed E-state index contributed by atoms with van der Waals surface area (Å²) in [5, 5.41) is 5.85. The SMILES string of the molecule is Nc1ccc(C2NC(=O)N(c3cccc(C(F)(F)F)c3)C3=C2C(=O)N(CCC(=O)NC2CCN(c4ccccn4)CC2)C3)cc1. The summed E-state index contributed by atoms with van der Waals surface area (Å²) in [5.74, 6) is 0.291. The standard InChI is InChI=1S/C32H32F3N7O3/c33-32(34,35)21-4-3-5-24(18-21)42-25-19-41(30(44)28(25)29(39-31(42)45)20-7-9-22(36)10-8-20)17-13-27(43)38-23-11-15-40(16-12-23)26-6-1-2-14-37-26/h1-10,14,18,23,29H,11-13,15-17,19,36H2,(H,38,43)(H,39,45). The monoisotopic (exact) mass is 619 g/mol. The molecule has 3 aliphatic heterocycles. The largest absolute Gasteiger partial charge is 0.416 e. The first-order valence-electron chi connectivity index (χ1n) is 14.7. The number of nitrogens with zero attached hydrogens (tertiary/aromatic N) is 4. The van der Waals surface area contributed by atoms with Crippen LogP contribution in [-0.2, 0) is 15.8 Å². The number of nitrogen functional groups attached to an aromatic ring is 1. The Morgan fingerprint density at radius 3 is 2.47 bits per heavy atom. The Morgan fingerprint density at radius 1 is 1.02 bits per heavy atom. The molecule has 0 radical (unpaired) electrons. The van der Waals surface area contributed by atoms with Crippen molar-refractivity contribution in [2.75, 3.05) is 41.7 Å². The molecule has 10 nitrogen and oxygen atoms in total. The predicted molar refractivity (Wildman–Crippen MR) is 162 cm³/mol. The van der Waals surface area contributed by atoms with Crippen molar-refractivity contribution in [1.82, 2.24) is 20.5 Å². The van der Waals surface area contributed by atoms with Gasteiger partial charge in [-0.25, -0.2) is 9.78 Å². The summed E-state index contributed by atoms with van der Waals surface area (Å²) in [7, 11) is 0. The molecule has 1 aromatic heterocycles. The lowest BCUT2D eigenvalue weighted by molar-refractivity contribution is -0.137. The number of nitrogens with one attached hydrogen (secondary N) is 2. The zero-order valence-corrected chi connectivity index (χ0v) is 24.3. The van der Waals surface area contributed by atoms with E-state index in [4.69, 9.17) is 5.73 Å². The normalized spacial score (nSPS) is 19.1. The molecule has 3 aliphatic rings. The second-order valence-corrected chi connectivity index (χ2v) is 11.3. The van der Waals surface area contributed by atoms with E-state index in [1.807, 2.05) is 18.2 Å². The van der Waals surface area contributed by atoms with E-state index in [2.05, 4.69) is 20.5 Å². The van der Waals surface area contributed by atoms with Gasteiger partial charge in [-0.05, 0) is 60.9 Å². The highest BCUT2D eigenvalue weighted by molar-refractivity contribution is 6.07. The van der Waals surface area contributed by atoms with Crippen molar-refractivity contribution in [2.45, 2.75) is 37.5 Å². The number of aromatic nitrogens is 1. The van der Waals surface area contributed by atoms with Crippen LogP contribution in [-0.4, -0.2) is 60.0 Å². The van der Waals surface area contributed by atoms with E-state index in [1.165, 1.54) is 17.0 Å². The van der Waals surface area contributed by atoms with E-state index in [1.54, 1.807) is 30.5 Å². The van der Waals surface area contributed by atoms with Crippen LogP contribution in [0.15, 0.2) is 84.2 Å². The second-order valence-electron chi connectivity index (χ2n) is 11.3. The highest BCUT2D eigenvalue weighted by Crippen LogP contribution is 2.40. The van der Waals surface area contributed by atoms with Gasteiger partial charge in [-0.15, -0.1) is 0 Å². The fraction of sp³-hybridized carbons (Fsp3) is 0.312. The lowest BCUT2D eigenvalue weighted by Crippen LogP contribution is -2.47. The zero-order valence-electron chi connectivity index (χ0n) is 24.3. The first-order chi connectivity index (χ1) is 21.6. The minimum absolute atomic E-state index is 0.00816. The fourth-order valence-corrected chi connectivity index (χ4v) is 6.04. The summed E-state index contributed by atoms with van der Waals surface area (Å²) in [6.45, 7) is 1.53. The van der Waals surface area contributed by atoms with Crippen LogP contribution in [0.25, 0.3) is 0 Å². The maximum atomic E-state index is 13.8. The van der Waals surface area contributed by atoms with Crippen molar-refractivity contribution in [1.29, 1.82) is 0 Å². The molecule has 4 heterocycles. The first-order valence-corrected chi connectivity index (χ1v) is 14.7. The maximum Gasteiger partial charge on any atom is 0.416 e. The van der Waals surface area contributed by atoms with Crippen LogP contribution in [0.2, 0.25) is 0 Å². The smallest absolute Gasteiger partial charge is 0.399 e. The molecule has 1 fully saturated rings. The van der Waals surface area contributed by atoms with E-state index < -0.39 is 29.7 Å².